The van der Waals surface area contributed by atoms with E-state index in [1.165, 1.54) is 41.8 Å². The molecule has 10 atom stereocenters. The Kier molecular flexibility index (Phi) is 34.9. The topological polar surface area (TPSA) is 419 Å². The number of amides is 13. The van der Waals surface area contributed by atoms with E-state index in [9.17, 15) is 67.1 Å². The number of alkyl carbamates (subject to hydrolysis) is 1. The van der Waals surface area contributed by atoms with E-state index in [0.29, 0.717) is 11.1 Å². The number of ether oxygens (including phenoxy) is 2. The predicted molar refractivity (Wildman–Crippen MR) is 376 cm³/mol. The third-order valence-corrected chi connectivity index (χ3v) is 16.0. The van der Waals surface area contributed by atoms with Gasteiger partial charge in [-0.2, -0.15) is 0 Å². The normalized spacial score (nSPS) is 14.3. The molecule has 0 saturated heterocycles. The summed E-state index contributed by atoms with van der Waals surface area (Å²) in [5.74, 6) is -11.5. The van der Waals surface area contributed by atoms with E-state index in [2.05, 4.69) is 53.2 Å². The van der Waals surface area contributed by atoms with Crippen LogP contribution >= 0.6 is 12.0 Å². The van der Waals surface area contributed by atoms with Gasteiger partial charge in [0.05, 0.1) is 49.5 Å². The summed E-state index contributed by atoms with van der Waals surface area (Å²) in [6.45, 7) is 20.8. The van der Waals surface area contributed by atoms with Crippen molar-refractivity contribution in [3.8, 4) is 0 Å². The van der Waals surface area contributed by atoms with Gasteiger partial charge in [-0.1, -0.05) is 119 Å². The lowest BCUT2D eigenvalue weighted by atomic mass is 10.00. The van der Waals surface area contributed by atoms with Gasteiger partial charge in [-0.05, 0) is 104 Å². The molecule has 30 nitrogen and oxygen atoms in total. The molecular formula is C70H103N13O17S. The molecule has 3 aromatic rings. The van der Waals surface area contributed by atoms with Crippen molar-refractivity contribution in [2.45, 2.75) is 200 Å². The van der Waals surface area contributed by atoms with Gasteiger partial charge in [0, 0.05) is 26.9 Å². The number of likely N-dealkylation sites (N-methyl/N-ethyl adjacent to an activating group) is 2. The van der Waals surface area contributed by atoms with Crippen LogP contribution in [0.2, 0.25) is 0 Å². The standard InChI is InChI=1S/C70H103N13O17S/c1-40(2)32-49(77-55(85)37-73-64(93)53(34-47-28-22-18-23-29-47)83(16)66(95)44(7)75-58(87)43(6)76-68(97)99-70(12,13)14)62(91)74-42(5)59(88)81-57(41(3)4)65(94)78-50(33-46-26-20-17-21-27-46)63(92)79-51(35-56(86)100-101-39-48-30-24-19-25-31-48)67(96)82(15)45(8)60(89)80-52(38-98-69(9,10)11)61(90)72-36-54(71)84/h17-31,40-45,49-53,57H,32-39H2,1-16H3,(H2,71,84)(H,72,90)(H,73,93)(H,74,91)(H,75,87)(H,76,97)(H,77,85)(H,78,94)(H,79,92)(H,80,89)(H,81,88)/t42-,43-,44-,45-,49-,50-,51-,52-,53-,57-/m0/s1. The molecule has 101 heavy (non-hydrogen) atoms. The second kappa shape index (κ2) is 41.2. The monoisotopic (exact) mass is 1430 g/mol. The van der Waals surface area contributed by atoms with Crippen molar-refractivity contribution in [1.29, 1.82) is 0 Å². The van der Waals surface area contributed by atoms with Crippen LogP contribution in [-0.4, -0.2) is 198 Å². The Labute approximate surface area is 595 Å². The first kappa shape index (κ1) is 85.6. The molecule has 31 heteroatoms. The average molecular weight is 1430 g/mol. The smallest absolute Gasteiger partial charge is 0.408 e. The number of nitrogens with zero attached hydrogens (tertiary/aromatic N) is 2. The van der Waals surface area contributed by atoms with Gasteiger partial charge in [0.2, 0.25) is 70.9 Å². The van der Waals surface area contributed by atoms with Crippen molar-refractivity contribution in [3.63, 3.8) is 0 Å². The first-order valence-corrected chi connectivity index (χ1v) is 34.1. The zero-order valence-corrected chi connectivity index (χ0v) is 61.4. The molecule has 3 rings (SSSR count). The summed E-state index contributed by atoms with van der Waals surface area (Å²) >= 11 is 0.775. The van der Waals surface area contributed by atoms with E-state index >= 15 is 0 Å². The molecule has 0 aliphatic carbocycles. The van der Waals surface area contributed by atoms with Crippen LogP contribution in [0.1, 0.15) is 126 Å². The minimum absolute atomic E-state index is 0.0132. The molecule has 0 spiro atoms. The van der Waals surface area contributed by atoms with Crippen molar-refractivity contribution in [2.75, 3.05) is 33.8 Å². The van der Waals surface area contributed by atoms with Crippen LogP contribution < -0.4 is 58.9 Å². The zero-order chi connectivity index (χ0) is 76.1. The van der Waals surface area contributed by atoms with E-state index < -0.39 is 180 Å². The Morgan fingerprint density at radius 3 is 1.50 bits per heavy atom. The Morgan fingerprint density at radius 2 is 0.970 bits per heavy atom. The second-order valence-electron chi connectivity index (χ2n) is 27.2. The highest BCUT2D eigenvalue weighted by Gasteiger charge is 2.38. The van der Waals surface area contributed by atoms with Gasteiger partial charge in [-0.25, -0.2) is 4.79 Å². The second-order valence-corrected chi connectivity index (χ2v) is 27.9. The number of hydrogen-bond donors (Lipinski definition) is 11. The van der Waals surface area contributed by atoms with Crippen molar-refractivity contribution in [3.05, 3.63) is 108 Å². The highest BCUT2D eigenvalue weighted by Crippen LogP contribution is 2.18. The van der Waals surface area contributed by atoms with E-state index in [-0.39, 0.29) is 37.5 Å². The van der Waals surface area contributed by atoms with Crippen LogP contribution in [0.5, 0.6) is 0 Å². The lowest BCUT2D eigenvalue weighted by molar-refractivity contribution is -0.145. The first-order chi connectivity index (χ1) is 47.2. The fourth-order valence-electron chi connectivity index (χ4n) is 9.53. The van der Waals surface area contributed by atoms with E-state index in [1.54, 1.807) is 154 Å². The maximum atomic E-state index is 14.7. The van der Waals surface area contributed by atoms with Gasteiger partial charge >= 0.3 is 12.1 Å². The lowest BCUT2D eigenvalue weighted by Crippen LogP contribution is -2.61. The number of primary amides is 1. The fourth-order valence-corrected chi connectivity index (χ4v) is 10.1. The van der Waals surface area contributed by atoms with Crippen LogP contribution in [0.15, 0.2) is 91.0 Å². The molecule has 12 N–H and O–H groups in total. The van der Waals surface area contributed by atoms with Gasteiger partial charge in [-0.3, -0.25) is 62.3 Å². The molecule has 0 aliphatic heterocycles. The van der Waals surface area contributed by atoms with Crippen LogP contribution in [0.3, 0.4) is 0 Å². The molecular weight excluding hydrogens is 1330 g/mol. The summed E-state index contributed by atoms with van der Waals surface area (Å²) in [6.07, 6.45) is -1.77. The van der Waals surface area contributed by atoms with Gasteiger partial charge in [0.25, 0.3) is 0 Å². The molecule has 0 fully saturated rings. The molecule has 0 heterocycles. The number of nitrogens with one attached hydrogen (secondary N) is 10. The number of carbonyl (C=O) groups excluding carboxylic acids is 14. The number of rotatable bonds is 38. The summed E-state index contributed by atoms with van der Waals surface area (Å²) in [5, 5.41) is 25.5. The molecule has 0 saturated carbocycles. The van der Waals surface area contributed by atoms with Crippen molar-refractivity contribution in [2.24, 2.45) is 17.6 Å². The third kappa shape index (κ3) is 31.6. The fraction of sp³-hybridized carbons (Fsp3) is 0.543. The lowest BCUT2D eigenvalue weighted by Gasteiger charge is -2.31. The minimum atomic E-state index is -1.75. The van der Waals surface area contributed by atoms with Gasteiger partial charge < -0.3 is 82.4 Å². The summed E-state index contributed by atoms with van der Waals surface area (Å²) in [6, 6.07) is 12.6. The number of benzene rings is 3. The minimum Gasteiger partial charge on any atom is -0.444 e. The highest BCUT2D eigenvalue weighted by molar-refractivity contribution is 7.94. The molecule has 0 aromatic heterocycles. The van der Waals surface area contributed by atoms with Gasteiger partial charge in [0.1, 0.15) is 66.0 Å². The summed E-state index contributed by atoms with van der Waals surface area (Å²) in [7, 11) is 2.59. The molecule has 556 valence electrons. The Morgan fingerprint density at radius 1 is 0.475 bits per heavy atom. The first-order valence-electron chi connectivity index (χ1n) is 33.2. The van der Waals surface area contributed by atoms with Crippen LogP contribution in [0, 0.1) is 11.8 Å². The third-order valence-electron chi connectivity index (χ3n) is 15.2. The molecule has 3 aromatic carbocycles. The molecule has 0 unspecified atom stereocenters. The molecule has 13 amide bonds. The van der Waals surface area contributed by atoms with Gasteiger partial charge in [-0.15, -0.1) is 0 Å². The average Bonchev–Trinajstić information content (AvgIpc) is 0.847. The largest absolute Gasteiger partial charge is 0.444 e. The SMILES string of the molecule is CC(C)C[C@H](NC(=O)CNC(=O)[C@H](Cc1ccccc1)N(C)C(=O)[C@H](C)NC(=O)[C@H](C)NC(=O)OC(C)(C)C)C(=O)N[C@@H](C)C(=O)N[C@H](C(=O)N[C@@H](Cc1ccccc1)C(=O)N[C@@H](CC(=O)OSCc1ccccc1)C(=O)N(C)[C@@H](C)C(=O)N[C@@H](COC(C)(C)C)C(=O)NCC(N)=O)C(C)C. The highest BCUT2D eigenvalue weighted by atomic mass is 32.2. The predicted octanol–water partition coefficient (Wildman–Crippen LogP) is 1.51. The molecule has 0 aliphatic rings. The van der Waals surface area contributed by atoms with Crippen molar-refractivity contribution in [1.82, 2.24) is 63.0 Å². The number of hydrogen-bond acceptors (Lipinski definition) is 18. The maximum Gasteiger partial charge on any atom is 0.408 e. The van der Waals surface area contributed by atoms with E-state index in [4.69, 9.17) is 19.4 Å². The summed E-state index contributed by atoms with van der Waals surface area (Å²) < 4.78 is 16.4. The van der Waals surface area contributed by atoms with E-state index in [1.807, 2.05) is 6.07 Å². The van der Waals surface area contributed by atoms with Crippen LogP contribution in [-0.2, 0) is 94.6 Å². The summed E-state index contributed by atoms with van der Waals surface area (Å²) in [4.78, 5) is 193. The quantitative estimate of drug-likeness (QED) is 0.0362. The Hall–Kier alpha value is -9.65. The summed E-state index contributed by atoms with van der Waals surface area (Å²) in [5.41, 5.74) is 5.62. The van der Waals surface area contributed by atoms with Crippen molar-refractivity contribution < 1.29 is 80.8 Å². The number of nitrogens with two attached hydrogens (primary N) is 1. The molecule has 0 radical (unpaired) electrons. The maximum absolute atomic E-state index is 14.7. The Bertz CT molecular complexity index is 3320. The van der Waals surface area contributed by atoms with Crippen LogP contribution in [0.25, 0.3) is 0 Å². The zero-order valence-electron chi connectivity index (χ0n) is 60.6. The Balaban J connectivity index is 1.84. The van der Waals surface area contributed by atoms with Crippen LogP contribution in [0.4, 0.5) is 4.79 Å². The molecule has 0 bridgehead atoms. The van der Waals surface area contributed by atoms with Gasteiger partial charge in [0.15, 0.2) is 0 Å². The number of carbonyl (C=O) groups is 14. The van der Waals surface area contributed by atoms with E-state index in [0.717, 1.165) is 27.4 Å². The van der Waals surface area contributed by atoms with Crippen molar-refractivity contribution >= 4 is 95.0 Å².